The van der Waals surface area contributed by atoms with Crippen LogP contribution in [0.2, 0.25) is 0 Å². The van der Waals surface area contributed by atoms with Crippen LogP contribution in [0.4, 0.5) is 4.79 Å². The lowest BCUT2D eigenvalue weighted by atomic mass is 10.2. The molecular formula is C19H17BrN2O3S. The number of amides is 2. The SMILES string of the molecule is CCc1ccc(C(Br)COc2ccc(C=C3SC(=O)NC3=O)cc2)nc1. The average Bonchev–Trinajstić information content (AvgIpc) is 2.98. The second-order valence-corrected chi connectivity index (χ2v) is 7.76. The molecule has 1 N–H and O–H groups in total. The van der Waals surface area contributed by atoms with E-state index < -0.39 is 0 Å². The van der Waals surface area contributed by atoms with Gasteiger partial charge >= 0.3 is 0 Å². The molecule has 134 valence electrons. The zero-order valence-electron chi connectivity index (χ0n) is 14.1. The van der Waals surface area contributed by atoms with Gasteiger partial charge in [-0.3, -0.25) is 19.9 Å². The van der Waals surface area contributed by atoms with Crippen LogP contribution in [0, 0.1) is 0 Å². The van der Waals surface area contributed by atoms with Crippen LogP contribution < -0.4 is 10.1 Å². The molecule has 0 saturated carbocycles. The first-order valence-electron chi connectivity index (χ1n) is 8.11. The van der Waals surface area contributed by atoms with Crippen LogP contribution in [0.25, 0.3) is 6.08 Å². The van der Waals surface area contributed by atoms with Crippen molar-refractivity contribution in [3.8, 4) is 5.75 Å². The van der Waals surface area contributed by atoms with E-state index in [2.05, 4.69) is 39.2 Å². The number of aromatic nitrogens is 1. The highest BCUT2D eigenvalue weighted by Crippen LogP contribution is 2.27. The van der Waals surface area contributed by atoms with Gasteiger partial charge in [-0.25, -0.2) is 0 Å². The van der Waals surface area contributed by atoms with E-state index >= 15 is 0 Å². The number of aryl methyl sites for hydroxylation is 1. The minimum absolute atomic E-state index is 0.000187. The number of nitrogens with zero attached hydrogens (tertiary/aromatic N) is 1. The third-order valence-corrected chi connectivity index (χ3v) is 5.34. The molecule has 0 radical (unpaired) electrons. The molecule has 2 aromatic rings. The molecule has 0 aliphatic carbocycles. The summed E-state index contributed by atoms with van der Waals surface area (Å²) in [5.74, 6) is 0.366. The first-order chi connectivity index (χ1) is 12.5. The summed E-state index contributed by atoms with van der Waals surface area (Å²) in [6.07, 6.45) is 4.53. The third-order valence-electron chi connectivity index (χ3n) is 3.79. The summed E-state index contributed by atoms with van der Waals surface area (Å²) in [4.78, 5) is 27.6. The molecule has 2 amide bonds. The maximum absolute atomic E-state index is 11.6. The number of benzene rings is 1. The normalized spacial score (nSPS) is 16.6. The van der Waals surface area contributed by atoms with Gasteiger partial charge in [-0.1, -0.05) is 41.1 Å². The average molecular weight is 433 g/mol. The van der Waals surface area contributed by atoms with Crippen molar-refractivity contribution in [2.24, 2.45) is 0 Å². The molecule has 5 nitrogen and oxygen atoms in total. The van der Waals surface area contributed by atoms with E-state index in [1.165, 1.54) is 5.56 Å². The van der Waals surface area contributed by atoms with Gasteiger partial charge in [-0.15, -0.1) is 0 Å². The fraction of sp³-hybridized carbons (Fsp3) is 0.211. The molecular weight excluding hydrogens is 416 g/mol. The topological polar surface area (TPSA) is 68.3 Å². The van der Waals surface area contributed by atoms with Crippen LogP contribution in [0.1, 0.15) is 28.6 Å². The summed E-state index contributed by atoms with van der Waals surface area (Å²) in [5, 5.41) is 1.89. The quantitative estimate of drug-likeness (QED) is 0.538. The van der Waals surface area contributed by atoms with E-state index in [9.17, 15) is 9.59 Å². The number of nitrogens with one attached hydrogen (secondary N) is 1. The summed E-state index contributed by atoms with van der Waals surface area (Å²) in [6, 6.07) is 11.4. The standard InChI is InChI=1S/C19H17BrN2O3S/c1-2-12-5-8-16(21-10-12)15(20)11-25-14-6-3-13(4-7-14)9-17-18(23)22-19(24)26-17/h3-10,15H,2,11H2,1H3,(H,22,23,24). The molecule has 0 bridgehead atoms. The third kappa shape index (κ3) is 4.74. The molecule has 1 aliphatic rings. The number of hydrogen-bond donors (Lipinski definition) is 1. The van der Waals surface area contributed by atoms with Gasteiger partial charge in [0.2, 0.25) is 0 Å². The lowest BCUT2D eigenvalue weighted by Crippen LogP contribution is -2.17. The minimum Gasteiger partial charge on any atom is -0.492 e. The molecule has 7 heteroatoms. The van der Waals surface area contributed by atoms with E-state index in [1.807, 2.05) is 36.5 Å². The molecule has 1 fully saturated rings. The number of rotatable bonds is 6. The molecule has 3 rings (SSSR count). The summed E-state index contributed by atoms with van der Waals surface area (Å²) < 4.78 is 5.80. The Balaban J connectivity index is 1.58. The second-order valence-electron chi connectivity index (χ2n) is 5.64. The zero-order valence-corrected chi connectivity index (χ0v) is 16.5. The van der Waals surface area contributed by atoms with Gasteiger partial charge in [0.05, 0.1) is 15.4 Å². The molecule has 1 aromatic heterocycles. The second kappa shape index (κ2) is 8.51. The number of imide groups is 1. The van der Waals surface area contributed by atoms with E-state index in [1.54, 1.807) is 6.08 Å². The Morgan fingerprint density at radius 1 is 1.23 bits per heavy atom. The Hall–Kier alpha value is -2.12. The molecule has 26 heavy (non-hydrogen) atoms. The predicted octanol–water partition coefficient (Wildman–Crippen LogP) is 4.48. The van der Waals surface area contributed by atoms with Gasteiger partial charge in [-0.2, -0.15) is 0 Å². The number of thioether (sulfide) groups is 1. The van der Waals surface area contributed by atoms with E-state index in [0.717, 1.165) is 35.2 Å². The van der Waals surface area contributed by atoms with Crippen LogP contribution in [-0.4, -0.2) is 22.7 Å². The van der Waals surface area contributed by atoms with Gasteiger partial charge in [0.25, 0.3) is 11.1 Å². The minimum atomic E-state index is -0.357. The highest BCUT2D eigenvalue weighted by atomic mass is 79.9. The molecule has 2 heterocycles. The van der Waals surface area contributed by atoms with E-state index in [-0.39, 0.29) is 16.0 Å². The molecule has 1 atom stereocenters. The fourth-order valence-electron chi connectivity index (χ4n) is 2.32. The van der Waals surface area contributed by atoms with Crippen LogP contribution in [0.3, 0.4) is 0 Å². The number of halogens is 1. The number of ether oxygens (including phenoxy) is 1. The lowest BCUT2D eigenvalue weighted by molar-refractivity contribution is -0.115. The summed E-state index contributed by atoms with van der Waals surface area (Å²) in [7, 11) is 0. The van der Waals surface area contributed by atoms with E-state index in [0.29, 0.717) is 11.5 Å². The summed E-state index contributed by atoms with van der Waals surface area (Å²) in [6.45, 7) is 2.55. The van der Waals surface area contributed by atoms with Crippen molar-refractivity contribution in [1.82, 2.24) is 10.3 Å². The number of alkyl halides is 1. The Morgan fingerprint density at radius 3 is 2.58 bits per heavy atom. The van der Waals surface area contributed by atoms with E-state index in [4.69, 9.17) is 4.74 Å². The first-order valence-corrected chi connectivity index (χ1v) is 9.85. The van der Waals surface area contributed by atoms with Crippen LogP contribution in [0.15, 0.2) is 47.5 Å². The van der Waals surface area contributed by atoms with Crippen molar-refractivity contribution in [2.45, 2.75) is 18.2 Å². The van der Waals surface area contributed by atoms with Crippen molar-refractivity contribution >= 4 is 44.9 Å². The molecule has 1 aromatic carbocycles. The molecule has 1 aliphatic heterocycles. The van der Waals surface area contributed by atoms with Gasteiger partial charge in [0.1, 0.15) is 12.4 Å². The van der Waals surface area contributed by atoms with Gasteiger partial charge in [0.15, 0.2) is 0 Å². The van der Waals surface area contributed by atoms with Crippen molar-refractivity contribution in [1.29, 1.82) is 0 Å². The van der Waals surface area contributed by atoms with Crippen molar-refractivity contribution in [2.75, 3.05) is 6.61 Å². The Labute approximate surface area is 164 Å². The fourth-order valence-corrected chi connectivity index (χ4v) is 3.40. The Kier molecular flexibility index (Phi) is 6.11. The van der Waals surface area contributed by atoms with Crippen LogP contribution in [0.5, 0.6) is 5.75 Å². The molecule has 1 unspecified atom stereocenters. The predicted molar refractivity (Wildman–Crippen MR) is 106 cm³/mol. The van der Waals surface area contributed by atoms with Gasteiger partial charge in [-0.05, 0) is 53.6 Å². The molecule has 0 spiro atoms. The smallest absolute Gasteiger partial charge is 0.290 e. The highest BCUT2D eigenvalue weighted by molar-refractivity contribution is 9.09. The van der Waals surface area contributed by atoms with Crippen molar-refractivity contribution in [3.63, 3.8) is 0 Å². The monoisotopic (exact) mass is 432 g/mol. The largest absolute Gasteiger partial charge is 0.492 e. The zero-order chi connectivity index (χ0) is 18.5. The molecule has 1 saturated heterocycles. The highest BCUT2D eigenvalue weighted by Gasteiger charge is 2.24. The number of pyridine rings is 1. The van der Waals surface area contributed by atoms with Crippen LogP contribution in [-0.2, 0) is 11.2 Å². The first kappa shape index (κ1) is 18.7. The number of carbonyl (C=O) groups excluding carboxylic acids is 2. The van der Waals surface area contributed by atoms with Crippen molar-refractivity contribution in [3.05, 3.63) is 64.3 Å². The summed E-state index contributed by atoms with van der Waals surface area (Å²) in [5.41, 5.74) is 2.96. The lowest BCUT2D eigenvalue weighted by Gasteiger charge is -2.12. The van der Waals surface area contributed by atoms with Gasteiger partial charge in [0, 0.05) is 6.20 Å². The maximum Gasteiger partial charge on any atom is 0.290 e. The van der Waals surface area contributed by atoms with Gasteiger partial charge < -0.3 is 4.74 Å². The van der Waals surface area contributed by atoms with Crippen molar-refractivity contribution < 1.29 is 14.3 Å². The van der Waals surface area contributed by atoms with Crippen LogP contribution >= 0.6 is 27.7 Å². The summed E-state index contributed by atoms with van der Waals surface area (Å²) >= 11 is 4.50. The number of hydrogen-bond acceptors (Lipinski definition) is 5. The Bertz CT molecular complexity index is 835. The Morgan fingerprint density at radius 2 is 2.00 bits per heavy atom. The number of carbonyl (C=O) groups is 2. The maximum atomic E-state index is 11.6.